The molecule has 0 unspecified atom stereocenters. The van der Waals surface area contributed by atoms with E-state index in [2.05, 4.69) is 21.3 Å². The lowest BCUT2D eigenvalue weighted by Gasteiger charge is -2.09. The van der Waals surface area contributed by atoms with Crippen molar-refractivity contribution in [2.24, 2.45) is 0 Å². The molecule has 1 aromatic carbocycles. The van der Waals surface area contributed by atoms with E-state index in [4.69, 9.17) is 9.84 Å². The van der Waals surface area contributed by atoms with Crippen LogP contribution in [0.3, 0.4) is 0 Å². The summed E-state index contributed by atoms with van der Waals surface area (Å²) in [5, 5.41) is 19.3. The Labute approximate surface area is 176 Å². The largest absolute Gasteiger partial charge is 0.480 e. The van der Waals surface area contributed by atoms with Crippen LogP contribution in [0.1, 0.15) is 5.56 Å². The molecule has 0 aromatic heterocycles. The molecule has 0 aliphatic heterocycles. The first-order chi connectivity index (χ1) is 14.8. The maximum atomic E-state index is 11.6. The van der Waals surface area contributed by atoms with E-state index < -0.39 is 68.4 Å². The molecule has 1 aromatic rings. The topological polar surface area (TPSA) is 192 Å². The number of hydrogen-bond acceptors (Lipinski definition) is 7. The molecule has 13 heteroatoms. The second kappa shape index (κ2) is 13.9. The van der Waals surface area contributed by atoms with Gasteiger partial charge in [-0.15, -0.1) is 0 Å². The SMILES string of the molecule is O=C(O)CNC(=O)CNC(=O)CNC(=O)CNC(=O)CNC(=O)OCc1ccccc1. The fourth-order valence-corrected chi connectivity index (χ4v) is 1.89. The molecule has 0 bridgehead atoms. The van der Waals surface area contributed by atoms with E-state index in [0.717, 1.165) is 5.56 Å². The average molecular weight is 437 g/mol. The molecule has 31 heavy (non-hydrogen) atoms. The molecule has 0 aliphatic carbocycles. The number of alkyl carbamates (subject to hydrolysis) is 1. The normalized spacial score (nSPS) is 9.68. The van der Waals surface area contributed by atoms with Crippen LogP contribution in [0, 0.1) is 0 Å². The predicted molar refractivity (Wildman–Crippen MR) is 104 cm³/mol. The van der Waals surface area contributed by atoms with Crippen LogP contribution in [-0.2, 0) is 35.3 Å². The molecule has 0 spiro atoms. The lowest BCUT2D eigenvalue weighted by atomic mass is 10.2. The Balaban J connectivity index is 2.10. The van der Waals surface area contributed by atoms with Crippen LogP contribution < -0.4 is 26.6 Å². The van der Waals surface area contributed by atoms with Crippen molar-refractivity contribution in [2.75, 3.05) is 32.7 Å². The second-order valence-electron chi connectivity index (χ2n) is 5.92. The number of ether oxygens (including phenoxy) is 1. The first-order valence-electron chi connectivity index (χ1n) is 8.99. The number of aliphatic carboxylic acids is 1. The van der Waals surface area contributed by atoms with E-state index in [-0.39, 0.29) is 6.61 Å². The van der Waals surface area contributed by atoms with Crippen molar-refractivity contribution in [1.29, 1.82) is 0 Å². The highest BCUT2D eigenvalue weighted by molar-refractivity contribution is 5.91. The molecule has 0 atom stereocenters. The minimum absolute atomic E-state index is 0.0416. The summed E-state index contributed by atoms with van der Waals surface area (Å²) in [6.45, 7) is -2.29. The van der Waals surface area contributed by atoms with Gasteiger partial charge in [0.05, 0.1) is 19.6 Å². The van der Waals surface area contributed by atoms with Crippen molar-refractivity contribution < 1.29 is 38.6 Å². The summed E-state index contributed by atoms with van der Waals surface area (Å²) in [6.07, 6.45) is -0.799. The van der Waals surface area contributed by atoms with Crippen LogP contribution in [0.2, 0.25) is 0 Å². The molecule has 0 heterocycles. The summed E-state index contributed by atoms with van der Waals surface area (Å²) >= 11 is 0. The molecule has 0 fully saturated rings. The van der Waals surface area contributed by atoms with Crippen molar-refractivity contribution in [1.82, 2.24) is 26.6 Å². The second-order valence-corrected chi connectivity index (χ2v) is 5.92. The van der Waals surface area contributed by atoms with E-state index in [0.29, 0.717) is 0 Å². The quantitative estimate of drug-likeness (QED) is 0.206. The minimum Gasteiger partial charge on any atom is -0.480 e. The molecule has 1 rings (SSSR count). The number of carboxylic acids is 1. The third-order valence-corrected chi connectivity index (χ3v) is 3.38. The van der Waals surface area contributed by atoms with Gasteiger partial charge in [-0.05, 0) is 5.56 Å². The van der Waals surface area contributed by atoms with Crippen LogP contribution >= 0.6 is 0 Å². The summed E-state index contributed by atoms with van der Waals surface area (Å²) < 4.78 is 4.92. The molecule has 0 aliphatic rings. The van der Waals surface area contributed by atoms with E-state index in [1.54, 1.807) is 24.3 Å². The Morgan fingerprint density at radius 1 is 0.645 bits per heavy atom. The number of carbonyl (C=O) groups is 6. The molecule has 13 nitrogen and oxygen atoms in total. The van der Waals surface area contributed by atoms with E-state index in [1.807, 2.05) is 11.4 Å². The maximum Gasteiger partial charge on any atom is 0.407 e. The monoisotopic (exact) mass is 437 g/mol. The summed E-state index contributed by atoms with van der Waals surface area (Å²) in [7, 11) is 0. The van der Waals surface area contributed by atoms with Crippen LogP contribution in [0.5, 0.6) is 0 Å². The predicted octanol–water partition coefficient (Wildman–Crippen LogP) is -2.54. The van der Waals surface area contributed by atoms with Gasteiger partial charge in [0.1, 0.15) is 19.7 Å². The molecule has 0 radical (unpaired) electrons. The van der Waals surface area contributed by atoms with E-state index in [1.165, 1.54) is 0 Å². The molecular weight excluding hydrogens is 414 g/mol. The van der Waals surface area contributed by atoms with Crippen LogP contribution in [0.25, 0.3) is 0 Å². The first-order valence-corrected chi connectivity index (χ1v) is 8.99. The third kappa shape index (κ3) is 12.8. The van der Waals surface area contributed by atoms with Gasteiger partial charge in [0.2, 0.25) is 23.6 Å². The van der Waals surface area contributed by atoms with Gasteiger partial charge in [-0.2, -0.15) is 0 Å². The van der Waals surface area contributed by atoms with Gasteiger partial charge in [0.15, 0.2) is 0 Å². The first kappa shape index (κ1) is 24.9. The highest BCUT2D eigenvalue weighted by atomic mass is 16.5. The van der Waals surface area contributed by atoms with E-state index in [9.17, 15) is 28.8 Å². The lowest BCUT2D eigenvalue weighted by molar-refractivity contribution is -0.137. The molecule has 6 N–H and O–H groups in total. The zero-order valence-corrected chi connectivity index (χ0v) is 16.4. The number of hydrogen-bond donors (Lipinski definition) is 6. The molecular formula is C18H23N5O8. The Bertz CT molecular complexity index is 799. The molecule has 5 amide bonds. The zero-order valence-electron chi connectivity index (χ0n) is 16.4. The fourth-order valence-electron chi connectivity index (χ4n) is 1.89. The number of carbonyl (C=O) groups excluding carboxylic acids is 5. The number of amides is 5. The lowest BCUT2D eigenvalue weighted by Crippen LogP contribution is -2.46. The summed E-state index contributed by atoms with van der Waals surface area (Å²) in [6, 6.07) is 8.94. The van der Waals surface area contributed by atoms with Gasteiger partial charge in [-0.3, -0.25) is 24.0 Å². The average Bonchev–Trinajstić information content (AvgIpc) is 2.76. The number of rotatable bonds is 12. The minimum atomic E-state index is -1.23. The smallest absolute Gasteiger partial charge is 0.407 e. The van der Waals surface area contributed by atoms with Gasteiger partial charge in [0.25, 0.3) is 0 Å². The highest BCUT2D eigenvalue weighted by Gasteiger charge is 2.11. The van der Waals surface area contributed by atoms with E-state index >= 15 is 0 Å². The Morgan fingerprint density at radius 2 is 1.06 bits per heavy atom. The van der Waals surface area contributed by atoms with Gasteiger partial charge in [-0.1, -0.05) is 30.3 Å². The summed E-state index contributed by atoms with van der Waals surface area (Å²) in [5.74, 6) is -3.94. The molecule has 0 saturated carbocycles. The number of nitrogens with one attached hydrogen (secondary N) is 5. The highest BCUT2D eigenvalue weighted by Crippen LogP contribution is 2.00. The molecule has 168 valence electrons. The molecule has 0 saturated heterocycles. The Kier molecular flexibility index (Phi) is 11.2. The van der Waals surface area contributed by atoms with Crippen LogP contribution in [0.4, 0.5) is 4.79 Å². The van der Waals surface area contributed by atoms with Gasteiger partial charge < -0.3 is 36.4 Å². The zero-order chi connectivity index (χ0) is 23.1. The number of carboxylic acid groups (broad SMARTS) is 1. The van der Waals surface area contributed by atoms with Crippen molar-refractivity contribution in [3.63, 3.8) is 0 Å². The number of benzene rings is 1. The standard InChI is InChI=1S/C18H23N5O8/c24-13(20-8-15(26)22-10-17(28)29)6-19-14(25)7-21-16(27)9-23-18(30)31-11-12-4-2-1-3-5-12/h1-5H,6-11H2,(H,19,25)(H,20,24)(H,21,27)(H,22,26)(H,23,30)(H,28,29). The van der Waals surface area contributed by atoms with Gasteiger partial charge >= 0.3 is 12.1 Å². The van der Waals surface area contributed by atoms with Crippen molar-refractivity contribution in [2.45, 2.75) is 6.61 Å². The Hall–Kier alpha value is -4.16. The van der Waals surface area contributed by atoms with Crippen LogP contribution in [0.15, 0.2) is 30.3 Å². The summed E-state index contributed by atoms with van der Waals surface area (Å²) in [4.78, 5) is 67.8. The van der Waals surface area contributed by atoms with Crippen molar-refractivity contribution in [3.05, 3.63) is 35.9 Å². The maximum absolute atomic E-state index is 11.6. The van der Waals surface area contributed by atoms with Gasteiger partial charge in [-0.25, -0.2) is 4.79 Å². The third-order valence-electron chi connectivity index (χ3n) is 3.38. The van der Waals surface area contributed by atoms with Crippen molar-refractivity contribution in [3.8, 4) is 0 Å². The Morgan fingerprint density at radius 3 is 1.52 bits per heavy atom. The van der Waals surface area contributed by atoms with Gasteiger partial charge in [0, 0.05) is 0 Å². The fraction of sp³-hybridized carbons (Fsp3) is 0.333. The van der Waals surface area contributed by atoms with Crippen molar-refractivity contribution >= 4 is 35.7 Å². The summed E-state index contributed by atoms with van der Waals surface area (Å²) in [5.41, 5.74) is 0.781. The van der Waals surface area contributed by atoms with Crippen LogP contribution in [-0.4, -0.2) is 73.5 Å².